The van der Waals surface area contributed by atoms with Crippen LogP contribution in [0.15, 0.2) is 12.2 Å². The quantitative estimate of drug-likeness (QED) is 0.393. The Balaban J connectivity index is 0.000000405. The summed E-state index contributed by atoms with van der Waals surface area (Å²) in [6.45, 7) is 0. The molecule has 0 saturated carbocycles. The molecule has 2 atom stereocenters. The van der Waals surface area contributed by atoms with E-state index in [-0.39, 0.29) is 17.0 Å². The van der Waals surface area contributed by atoms with E-state index in [0.29, 0.717) is 0 Å². The zero-order valence-corrected chi connectivity index (χ0v) is 6.97. The highest BCUT2D eigenvalue weighted by atomic mass is 79.9. The van der Waals surface area contributed by atoms with Crippen LogP contribution < -0.4 is 22.3 Å². The van der Waals surface area contributed by atoms with Crippen LogP contribution in [-0.4, -0.2) is 12.1 Å². The molecule has 1 nitrogen and oxygen atoms in total. The molecule has 0 aromatic rings. The monoisotopic (exact) mass is 189 g/mol. The minimum absolute atomic E-state index is 0. The maximum absolute atomic E-state index is 2.48. The van der Waals surface area contributed by atoms with E-state index in [0.717, 1.165) is 12.1 Å². The normalized spacial score (nSPS) is 38.2. The van der Waals surface area contributed by atoms with Gasteiger partial charge in [0, 0.05) is 12.8 Å². The van der Waals surface area contributed by atoms with Gasteiger partial charge < -0.3 is 22.3 Å². The Labute approximate surface area is 66.3 Å². The Morgan fingerprint density at radius 3 is 2.11 bits per heavy atom. The summed E-state index contributed by atoms with van der Waals surface area (Å²) in [6.07, 6.45) is 8.98. The first-order chi connectivity index (χ1) is 3.95. The van der Waals surface area contributed by atoms with Gasteiger partial charge in [0.15, 0.2) is 0 Å². The summed E-state index contributed by atoms with van der Waals surface area (Å²) in [7, 11) is 0. The predicted octanol–water partition coefficient (Wildman–Crippen LogP) is -2.96. The molecule has 2 aliphatic rings. The van der Waals surface area contributed by atoms with Gasteiger partial charge in [0.1, 0.15) is 12.1 Å². The second-order valence-electron chi connectivity index (χ2n) is 2.84. The van der Waals surface area contributed by atoms with Crippen LogP contribution in [0.2, 0.25) is 0 Å². The van der Waals surface area contributed by atoms with Gasteiger partial charge in [-0.2, -0.15) is 0 Å². The largest absolute Gasteiger partial charge is 1.00 e. The minimum atomic E-state index is 0. The first-order valence-electron chi connectivity index (χ1n) is 3.48. The second kappa shape index (κ2) is 2.84. The van der Waals surface area contributed by atoms with Crippen LogP contribution in [0.5, 0.6) is 0 Å². The van der Waals surface area contributed by atoms with Gasteiger partial charge in [0.05, 0.1) is 0 Å². The molecule has 2 unspecified atom stereocenters. The van der Waals surface area contributed by atoms with E-state index < -0.39 is 0 Å². The smallest absolute Gasteiger partial charge is 0.105 e. The number of halogens is 1. The topological polar surface area (TPSA) is 16.6 Å². The second-order valence-corrected chi connectivity index (χ2v) is 2.84. The Morgan fingerprint density at radius 1 is 1.11 bits per heavy atom. The van der Waals surface area contributed by atoms with Gasteiger partial charge in [-0.05, 0) is 18.6 Å². The number of nitrogens with two attached hydrogens (primary N) is 1. The van der Waals surface area contributed by atoms with Crippen molar-refractivity contribution in [3.63, 3.8) is 0 Å². The van der Waals surface area contributed by atoms with Crippen molar-refractivity contribution < 1.29 is 22.3 Å². The van der Waals surface area contributed by atoms with E-state index in [9.17, 15) is 0 Å². The maximum atomic E-state index is 2.48. The summed E-state index contributed by atoms with van der Waals surface area (Å²) in [6, 6.07) is 1.71. The van der Waals surface area contributed by atoms with E-state index in [1.54, 1.807) is 0 Å². The zero-order valence-electron chi connectivity index (χ0n) is 5.39. The van der Waals surface area contributed by atoms with Gasteiger partial charge in [-0.1, -0.05) is 0 Å². The van der Waals surface area contributed by atoms with Crippen molar-refractivity contribution in [3.8, 4) is 0 Å². The highest BCUT2D eigenvalue weighted by Gasteiger charge is 2.25. The van der Waals surface area contributed by atoms with Gasteiger partial charge in [-0.3, -0.25) is 0 Å². The number of rotatable bonds is 0. The molecule has 2 aliphatic heterocycles. The van der Waals surface area contributed by atoms with E-state index >= 15 is 0 Å². The van der Waals surface area contributed by atoms with Crippen LogP contribution in [0.25, 0.3) is 0 Å². The molecule has 2 rings (SSSR count). The summed E-state index contributed by atoms with van der Waals surface area (Å²) in [5, 5.41) is 2.48. The van der Waals surface area contributed by atoms with Crippen molar-refractivity contribution in [1.29, 1.82) is 0 Å². The van der Waals surface area contributed by atoms with Crippen molar-refractivity contribution in [2.75, 3.05) is 0 Å². The van der Waals surface area contributed by atoms with Gasteiger partial charge in [0.2, 0.25) is 0 Å². The summed E-state index contributed by atoms with van der Waals surface area (Å²) >= 11 is 0. The molecular weight excluding hydrogens is 178 g/mol. The molecule has 2 heteroatoms. The molecule has 0 radical (unpaired) electrons. The molecular formula is C7H12BrN. The van der Waals surface area contributed by atoms with Gasteiger partial charge in [0.25, 0.3) is 0 Å². The van der Waals surface area contributed by atoms with Crippen molar-refractivity contribution >= 4 is 0 Å². The molecule has 1 fully saturated rings. The van der Waals surface area contributed by atoms with Crippen molar-refractivity contribution in [3.05, 3.63) is 12.2 Å². The van der Waals surface area contributed by atoms with E-state index in [1.165, 1.54) is 19.3 Å². The van der Waals surface area contributed by atoms with Crippen LogP contribution in [0.3, 0.4) is 0 Å². The molecule has 0 aromatic heterocycles. The summed E-state index contributed by atoms with van der Waals surface area (Å²) in [4.78, 5) is 0. The fourth-order valence-corrected chi connectivity index (χ4v) is 1.71. The first-order valence-corrected chi connectivity index (χ1v) is 3.48. The van der Waals surface area contributed by atoms with Crippen molar-refractivity contribution in [2.24, 2.45) is 0 Å². The molecule has 2 heterocycles. The third-order valence-corrected chi connectivity index (χ3v) is 2.17. The fraction of sp³-hybridized carbons (Fsp3) is 0.714. The number of hydrogen-bond donors (Lipinski definition) is 1. The number of piperidine rings is 1. The minimum Gasteiger partial charge on any atom is -1.00 e. The average Bonchev–Trinajstić information content (AvgIpc) is 2.12. The van der Waals surface area contributed by atoms with Gasteiger partial charge in [-0.15, -0.1) is 0 Å². The lowest BCUT2D eigenvalue weighted by molar-refractivity contribution is -0.703. The average molecular weight is 190 g/mol. The molecule has 52 valence electrons. The van der Waals surface area contributed by atoms with Crippen molar-refractivity contribution in [1.82, 2.24) is 0 Å². The van der Waals surface area contributed by atoms with E-state index in [4.69, 9.17) is 0 Å². The Kier molecular flexibility index (Phi) is 2.30. The van der Waals surface area contributed by atoms with Crippen LogP contribution in [-0.2, 0) is 0 Å². The van der Waals surface area contributed by atoms with E-state index in [2.05, 4.69) is 17.5 Å². The molecule has 2 bridgehead atoms. The third-order valence-electron chi connectivity index (χ3n) is 2.17. The molecule has 0 aliphatic carbocycles. The van der Waals surface area contributed by atoms with E-state index in [1.807, 2.05) is 0 Å². The lowest BCUT2D eigenvalue weighted by atomic mass is 10.1. The molecule has 1 saturated heterocycles. The lowest BCUT2D eigenvalue weighted by Crippen LogP contribution is -3.00. The SMILES string of the molecule is C1=CC2CCCC1[NH2+]2.[Br-]. The highest BCUT2D eigenvalue weighted by Crippen LogP contribution is 2.12. The van der Waals surface area contributed by atoms with Crippen molar-refractivity contribution in [2.45, 2.75) is 31.3 Å². The summed E-state index contributed by atoms with van der Waals surface area (Å²) < 4.78 is 0. The number of fused-ring (bicyclic) bond motifs is 2. The third kappa shape index (κ3) is 1.36. The van der Waals surface area contributed by atoms with Gasteiger partial charge in [-0.25, -0.2) is 0 Å². The summed E-state index contributed by atoms with van der Waals surface area (Å²) in [5.41, 5.74) is 0. The lowest BCUT2D eigenvalue weighted by Gasteiger charge is -2.16. The highest BCUT2D eigenvalue weighted by molar-refractivity contribution is 5.00. The van der Waals surface area contributed by atoms with Crippen LogP contribution >= 0.6 is 0 Å². The Hall–Kier alpha value is 0.180. The number of hydrogen-bond acceptors (Lipinski definition) is 0. The standard InChI is InChI=1S/C7H11N.BrH/c1-2-6-4-5-7(3-1)8-6;/h4-8H,1-3H2;1H. The Bertz CT molecular complexity index is 110. The molecule has 0 spiro atoms. The predicted molar refractivity (Wildman–Crippen MR) is 32.5 cm³/mol. The zero-order chi connectivity index (χ0) is 5.40. The van der Waals surface area contributed by atoms with Crippen LogP contribution in [0.1, 0.15) is 19.3 Å². The summed E-state index contributed by atoms with van der Waals surface area (Å²) in [5.74, 6) is 0. The Morgan fingerprint density at radius 2 is 1.67 bits per heavy atom. The van der Waals surface area contributed by atoms with Crippen LogP contribution in [0, 0.1) is 0 Å². The molecule has 2 N–H and O–H groups in total. The number of quaternary nitrogens is 1. The fourth-order valence-electron chi connectivity index (χ4n) is 1.71. The molecule has 9 heavy (non-hydrogen) atoms. The molecule has 0 amide bonds. The van der Waals surface area contributed by atoms with Gasteiger partial charge >= 0.3 is 0 Å². The molecule has 0 aromatic carbocycles. The first kappa shape index (κ1) is 7.29. The maximum Gasteiger partial charge on any atom is 0.105 e. The van der Waals surface area contributed by atoms with Crippen LogP contribution in [0.4, 0.5) is 0 Å².